The molecule has 7 heteroatoms. The first-order valence-electron chi connectivity index (χ1n) is 11.3. The van der Waals surface area contributed by atoms with Crippen molar-refractivity contribution in [3.05, 3.63) is 71.0 Å². The van der Waals surface area contributed by atoms with Crippen molar-refractivity contribution in [3.8, 4) is 11.5 Å². The highest BCUT2D eigenvalue weighted by atomic mass is 16.6. The predicted octanol–water partition coefficient (Wildman–Crippen LogP) is 2.25. The van der Waals surface area contributed by atoms with E-state index in [1.807, 2.05) is 19.2 Å². The quantitative estimate of drug-likeness (QED) is 0.692. The summed E-state index contributed by atoms with van der Waals surface area (Å²) in [4.78, 5) is 15.1. The average molecular weight is 450 g/mol. The Kier molecular flexibility index (Phi) is 4.43. The van der Waals surface area contributed by atoms with Gasteiger partial charge in [0.1, 0.15) is 5.76 Å². The molecule has 33 heavy (non-hydrogen) atoms. The van der Waals surface area contributed by atoms with Crippen LogP contribution in [0.15, 0.2) is 54.3 Å². The normalized spacial score (nSPS) is 32.3. The molecule has 2 aliphatic carbocycles. The molecular weight excluding hydrogens is 422 g/mol. The first kappa shape index (κ1) is 20.7. The van der Waals surface area contributed by atoms with Gasteiger partial charge in [0.2, 0.25) is 0 Å². The Balaban J connectivity index is 1.44. The number of ether oxygens (including phenoxy) is 3. The molecule has 4 aliphatic rings. The van der Waals surface area contributed by atoms with Crippen LogP contribution in [-0.4, -0.2) is 59.5 Å². The largest absolute Gasteiger partial charge is 0.493 e. The number of hydrogen-bond acceptors (Lipinski definition) is 7. The van der Waals surface area contributed by atoms with Crippen LogP contribution in [0.25, 0.3) is 0 Å². The van der Waals surface area contributed by atoms with Gasteiger partial charge < -0.3 is 29.3 Å². The fourth-order valence-electron chi connectivity index (χ4n) is 6.53. The van der Waals surface area contributed by atoms with E-state index in [1.54, 1.807) is 37.5 Å². The van der Waals surface area contributed by atoms with Gasteiger partial charge in [0, 0.05) is 18.0 Å². The number of carbonyl (C=O) groups excluding carboxylic acids is 1. The zero-order valence-corrected chi connectivity index (χ0v) is 18.7. The molecule has 1 spiro atoms. The van der Waals surface area contributed by atoms with Crippen molar-refractivity contribution >= 4 is 5.97 Å². The minimum atomic E-state index is -1.41. The van der Waals surface area contributed by atoms with Crippen LogP contribution in [0.1, 0.15) is 35.6 Å². The summed E-state index contributed by atoms with van der Waals surface area (Å²) in [5.41, 5.74) is 0.757. The van der Waals surface area contributed by atoms with E-state index in [1.165, 1.54) is 0 Å². The number of piperidine rings is 1. The number of rotatable bonds is 4. The number of benzene rings is 2. The SMILES string of the molecule is COc1ccc2c3c1O[C@H]1C(OC(=O)[C@@H](O)c4ccccc4)=CC[C@]4(O)C(C2)N(C)CC[C@]314. The maximum absolute atomic E-state index is 12.9. The smallest absolute Gasteiger partial charge is 0.344 e. The molecule has 2 N–H and O–H groups in total. The van der Waals surface area contributed by atoms with Crippen LogP contribution in [-0.2, 0) is 21.4 Å². The van der Waals surface area contributed by atoms with Gasteiger partial charge in [-0.25, -0.2) is 4.79 Å². The summed E-state index contributed by atoms with van der Waals surface area (Å²) in [6.45, 7) is 0.788. The number of methoxy groups -OCH3 is 1. The number of aliphatic hydroxyl groups is 2. The summed E-state index contributed by atoms with van der Waals surface area (Å²) in [7, 11) is 3.64. The molecule has 2 aromatic rings. The lowest BCUT2D eigenvalue weighted by atomic mass is 9.50. The van der Waals surface area contributed by atoms with E-state index in [4.69, 9.17) is 14.2 Å². The third-order valence-electron chi connectivity index (χ3n) is 8.11. The first-order chi connectivity index (χ1) is 15.9. The third-order valence-corrected chi connectivity index (χ3v) is 8.11. The third kappa shape index (κ3) is 2.58. The zero-order chi connectivity index (χ0) is 23.0. The second kappa shape index (κ2) is 7.06. The van der Waals surface area contributed by atoms with Gasteiger partial charge in [0.05, 0.1) is 18.1 Å². The zero-order valence-electron chi connectivity index (χ0n) is 18.7. The lowest BCUT2D eigenvalue weighted by Gasteiger charge is -2.61. The van der Waals surface area contributed by atoms with Gasteiger partial charge in [-0.3, -0.25) is 0 Å². The second-order valence-electron chi connectivity index (χ2n) is 9.52. The number of carbonyl (C=O) groups is 1. The second-order valence-corrected chi connectivity index (χ2v) is 9.52. The van der Waals surface area contributed by atoms with Crippen LogP contribution in [0.3, 0.4) is 0 Å². The van der Waals surface area contributed by atoms with E-state index in [-0.39, 0.29) is 6.04 Å². The van der Waals surface area contributed by atoms with Crippen LogP contribution >= 0.6 is 0 Å². The average Bonchev–Trinajstić information content (AvgIpc) is 3.19. The summed E-state index contributed by atoms with van der Waals surface area (Å²) in [5.74, 6) is 0.802. The Labute approximate surface area is 192 Å². The molecule has 7 nitrogen and oxygen atoms in total. The minimum Gasteiger partial charge on any atom is -0.493 e. The van der Waals surface area contributed by atoms with Crippen molar-refractivity contribution in [3.63, 3.8) is 0 Å². The monoisotopic (exact) mass is 449 g/mol. The molecule has 2 aliphatic heterocycles. The molecule has 0 saturated carbocycles. The predicted molar refractivity (Wildman–Crippen MR) is 119 cm³/mol. The molecule has 0 amide bonds. The molecule has 2 heterocycles. The Bertz CT molecular complexity index is 1160. The summed E-state index contributed by atoms with van der Waals surface area (Å²) in [6.07, 6.45) is 1.38. The Morgan fingerprint density at radius 2 is 2.03 bits per heavy atom. The highest BCUT2D eigenvalue weighted by Crippen LogP contribution is 2.65. The summed E-state index contributed by atoms with van der Waals surface area (Å²) >= 11 is 0. The molecule has 6 rings (SSSR count). The molecule has 0 radical (unpaired) electrons. The van der Waals surface area contributed by atoms with Crippen LogP contribution in [0.2, 0.25) is 0 Å². The van der Waals surface area contributed by atoms with Gasteiger partial charge in [-0.1, -0.05) is 36.4 Å². The highest BCUT2D eigenvalue weighted by molar-refractivity contribution is 5.77. The molecule has 2 aromatic carbocycles. The minimum absolute atomic E-state index is 0.0763. The molecule has 1 saturated heterocycles. The first-order valence-corrected chi connectivity index (χ1v) is 11.3. The number of esters is 1. The van der Waals surface area contributed by atoms with E-state index in [0.717, 1.165) is 17.7 Å². The molecule has 1 fully saturated rings. The van der Waals surface area contributed by atoms with E-state index in [0.29, 0.717) is 42.1 Å². The summed E-state index contributed by atoms with van der Waals surface area (Å²) in [6, 6.07) is 12.6. The van der Waals surface area contributed by atoms with Crippen LogP contribution in [0, 0.1) is 0 Å². The maximum atomic E-state index is 12.9. The van der Waals surface area contributed by atoms with Crippen LogP contribution < -0.4 is 9.47 Å². The van der Waals surface area contributed by atoms with E-state index in [2.05, 4.69) is 11.0 Å². The molecular formula is C26H27NO6. The number of nitrogens with zero attached hydrogens (tertiary/aromatic N) is 1. The standard InChI is InChI=1S/C26H27NO6/c1-27-13-12-25-20-16-8-9-17(31-2)22(20)33-23(25)18(10-11-26(25,30)19(27)14-16)32-24(29)21(28)15-6-4-3-5-7-15/h3-10,19,21,23,28,30H,11-14H2,1-2H3/t19?,21-,23-,25-,26-/m0/s1. The lowest BCUT2D eigenvalue weighted by molar-refractivity contribution is -0.172. The van der Waals surface area contributed by atoms with Crippen molar-refractivity contribution in [1.29, 1.82) is 0 Å². The number of likely N-dealkylation sites (tertiary alicyclic amines) is 1. The molecule has 2 bridgehead atoms. The van der Waals surface area contributed by atoms with E-state index < -0.39 is 29.2 Å². The molecule has 0 aromatic heterocycles. The lowest BCUT2D eigenvalue weighted by Crippen LogP contribution is -2.74. The molecule has 1 unspecified atom stereocenters. The van der Waals surface area contributed by atoms with Gasteiger partial charge in [-0.2, -0.15) is 0 Å². The van der Waals surface area contributed by atoms with Gasteiger partial charge >= 0.3 is 5.97 Å². The van der Waals surface area contributed by atoms with E-state index >= 15 is 0 Å². The van der Waals surface area contributed by atoms with Gasteiger partial charge in [0.25, 0.3) is 0 Å². The fraction of sp³-hybridized carbons (Fsp3) is 0.423. The Hall–Kier alpha value is -2.87. The summed E-state index contributed by atoms with van der Waals surface area (Å²) in [5, 5.41) is 22.8. The maximum Gasteiger partial charge on any atom is 0.344 e. The van der Waals surface area contributed by atoms with Gasteiger partial charge in [-0.05, 0) is 49.7 Å². The molecule has 172 valence electrons. The van der Waals surface area contributed by atoms with Crippen LogP contribution in [0.4, 0.5) is 0 Å². The number of aliphatic hydroxyl groups excluding tert-OH is 1. The number of likely N-dealkylation sites (N-methyl/N-ethyl adjacent to an activating group) is 1. The molecule has 5 atom stereocenters. The summed E-state index contributed by atoms with van der Waals surface area (Å²) < 4.78 is 17.8. The van der Waals surface area contributed by atoms with Crippen LogP contribution in [0.5, 0.6) is 11.5 Å². The van der Waals surface area contributed by atoms with Crippen molar-refractivity contribution in [2.24, 2.45) is 0 Å². The van der Waals surface area contributed by atoms with Crippen molar-refractivity contribution in [2.75, 3.05) is 20.7 Å². The topological polar surface area (TPSA) is 88.5 Å². The highest BCUT2D eigenvalue weighted by Gasteiger charge is 2.72. The fourth-order valence-corrected chi connectivity index (χ4v) is 6.53. The Morgan fingerprint density at radius 1 is 1.24 bits per heavy atom. The van der Waals surface area contributed by atoms with Crippen molar-refractivity contribution < 1.29 is 29.2 Å². The number of hydrogen-bond donors (Lipinski definition) is 2. The van der Waals surface area contributed by atoms with E-state index in [9.17, 15) is 15.0 Å². The van der Waals surface area contributed by atoms with Gasteiger partial charge in [-0.15, -0.1) is 0 Å². The van der Waals surface area contributed by atoms with Crippen molar-refractivity contribution in [2.45, 2.75) is 48.5 Å². The Morgan fingerprint density at radius 3 is 2.79 bits per heavy atom. The van der Waals surface area contributed by atoms with Gasteiger partial charge in [0.15, 0.2) is 23.7 Å². The van der Waals surface area contributed by atoms with Crippen molar-refractivity contribution in [1.82, 2.24) is 4.90 Å².